The van der Waals surface area contributed by atoms with E-state index in [1.165, 1.54) is 30.0 Å². The van der Waals surface area contributed by atoms with Gasteiger partial charge in [0.1, 0.15) is 0 Å². The minimum Gasteiger partial charge on any atom is -0.468 e. The maximum absolute atomic E-state index is 12.1. The summed E-state index contributed by atoms with van der Waals surface area (Å²) in [6.07, 6.45) is 3.54. The van der Waals surface area contributed by atoms with Gasteiger partial charge < -0.3 is 4.74 Å². The Hall–Kier alpha value is -2.10. The Kier molecular flexibility index (Phi) is 3.30. The minimum absolute atomic E-state index is 0.0742. The van der Waals surface area contributed by atoms with E-state index in [9.17, 15) is 4.79 Å². The fraction of sp³-hybridized carbons (Fsp3) is 0.375. The number of ether oxygens (including phenoxy) is 1. The maximum atomic E-state index is 12.1. The average molecular weight is 270 g/mol. The number of hydrogen-bond acceptors (Lipinski definition) is 3. The normalized spacial score (nSPS) is 13.3. The first-order chi connectivity index (χ1) is 9.67. The molecule has 0 saturated carbocycles. The van der Waals surface area contributed by atoms with Crippen molar-refractivity contribution in [3.05, 3.63) is 57.0 Å². The number of hydrogen-bond donors (Lipinski definition) is 0. The maximum Gasteiger partial charge on any atom is 0.299 e. The second kappa shape index (κ2) is 5.12. The summed E-state index contributed by atoms with van der Waals surface area (Å²) in [5.41, 5.74) is 4.58. The summed E-state index contributed by atoms with van der Waals surface area (Å²) in [5.74, 6) is 0. The van der Waals surface area contributed by atoms with Gasteiger partial charge in [-0.05, 0) is 42.9 Å². The molecule has 4 heteroatoms. The van der Waals surface area contributed by atoms with Gasteiger partial charge in [0.25, 0.3) is 11.6 Å². The lowest BCUT2D eigenvalue weighted by Gasteiger charge is -2.12. The molecule has 0 N–H and O–H groups in total. The van der Waals surface area contributed by atoms with Gasteiger partial charge in [-0.3, -0.25) is 9.36 Å². The number of nitrogens with zero attached hydrogens (tertiary/aromatic N) is 2. The first-order valence-electron chi connectivity index (χ1n) is 6.90. The highest BCUT2D eigenvalue weighted by atomic mass is 16.5. The van der Waals surface area contributed by atoms with Crippen LogP contribution in [0.1, 0.15) is 28.8 Å². The summed E-state index contributed by atoms with van der Waals surface area (Å²) in [7, 11) is 1.54. The number of rotatable bonds is 3. The molecule has 20 heavy (non-hydrogen) atoms. The number of methoxy groups -OCH3 is 1. The molecule has 1 aliphatic carbocycles. The highest BCUT2D eigenvalue weighted by molar-refractivity contribution is 5.35. The first kappa shape index (κ1) is 12.9. The quantitative estimate of drug-likeness (QED) is 0.858. The largest absolute Gasteiger partial charge is 0.468 e. The lowest BCUT2D eigenvalue weighted by Crippen LogP contribution is -2.23. The molecule has 0 spiro atoms. The van der Waals surface area contributed by atoms with Crippen molar-refractivity contribution in [3.8, 4) is 6.01 Å². The van der Waals surface area contributed by atoms with Gasteiger partial charge in [-0.1, -0.05) is 18.2 Å². The zero-order valence-corrected chi connectivity index (χ0v) is 11.8. The van der Waals surface area contributed by atoms with Gasteiger partial charge >= 0.3 is 0 Å². The van der Waals surface area contributed by atoms with Crippen LogP contribution in [0.2, 0.25) is 0 Å². The molecule has 1 heterocycles. The highest BCUT2D eigenvalue weighted by Gasteiger charge is 2.13. The van der Waals surface area contributed by atoms with E-state index in [0.717, 1.165) is 12.0 Å². The molecule has 0 amide bonds. The van der Waals surface area contributed by atoms with Crippen LogP contribution in [0.15, 0.2) is 29.1 Å². The molecular formula is C16H18N2O2. The highest BCUT2D eigenvalue weighted by Crippen LogP contribution is 2.23. The molecule has 3 rings (SSSR count). The van der Waals surface area contributed by atoms with Gasteiger partial charge in [0, 0.05) is 11.8 Å². The van der Waals surface area contributed by atoms with Crippen molar-refractivity contribution in [1.82, 2.24) is 9.55 Å². The third-order valence-corrected chi connectivity index (χ3v) is 3.79. The Morgan fingerprint density at radius 3 is 2.85 bits per heavy atom. The first-order valence-corrected chi connectivity index (χ1v) is 6.90. The van der Waals surface area contributed by atoms with Crippen LogP contribution in [0.5, 0.6) is 6.01 Å². The van der Waals surface area contributed by atoms with E-state index < -0.39 is 0 Å². The lowest BCUT2D eigenvalue weighted by molar-refractivity contribution is 0.350. The number of benzene rings is 1. The van der Waals surface area contributed by atoms with Crippen molar-refractivity contribution in [2.24, 2.45) is 0 Å². The third-order valence-electron chi connectivity index (χ3n) is 3.79. The van der Waals surface area contributed by atoms with Crippen LogP contribution in [-0.4, -0.2) is 16.7 Å². The van der Waals surface area contributed by atoms with Gasteiger partial charge in [-0.25, -0.2) is 4.98 Å². The van der Waals surface area contributed by atoms with Gasteiger partial charge in [-0.2, -0.15) is 0 Å². The number of aromatic nitrogens is 2. The van der Waals surface area contributed by atoms with Crippen molar-refractivity contribution >= 4 is 0 Å². The standard InChI is InChI=1S/C16H18N2O2/c1-11-8-15(19)18(16(17-11)20-2)10-12-6-7-13-4-3-5-14(13)9-12/h6-9H,3-5,10H2,1-2H3. The summed E-state index contributed by atoms with van der Waals surface area (Å²) in [6.45, 7) is 2.30. The fourth-order valence-corrected chi connectivity index (χ4v) is 2.80. The SMILES string of the molecule is COc1nc(C)cc(=O)n1Cc1ccc2c(c1)CCC2. The molecule has 1 aromatic carbocycles. The molecule has 0 atom stereocenters. The fourth-order valence-electron chi connectivity index (χ4n) is 2.80. The Balaban J connectivity index is 1.97. The Morgan fingerprint density at radius 2 is 2.05 bits per heavy atom. The van der Waals surface area contributed by atoms with Crippen LogP contribution < -0.4 is 10.3 Å². The smallest absolute Gasteiger partial charge is 0.299 e. The molecule has 0 unspecified atom stereocenters. The van der Waals surface area contributed by atoms with Crippen LogP contribution in [0.4, 0.5) is 0 Å². The molecule has 4 nitrogen and oxygen atoms in total. The summed E-state index contributed by atoms with van der Waals surface area (Å²) in [6, 6.07) is 8.38. The summed E-state index contributed by atoms with van der Waals surface area (Å²) < 4.78 is 6.80. The predicted octanol–water partition coefficient (Wildman–Crippen LogP) is 2.10. The Labute approximate surface area is 118 Å². The third kappa shape index (κ3) is 2.33. The molecule has 1 aliphatic rings. The van der Waals surface area contributed by atoms with Crippen LogP contribution >= 0.6 is 0 Å². The van der Waals surface area contributed by atoms with Gasteiger partial charge in [0.15, 0.2) is 0 Å². The summed E-state index contributed by atoms with van der Waals surface area (Å²) in [5, 5.41) is 0. The van der Waals surface area contributed by atoms with E-state index in [2.05, 4.69) is 23.2 Å². The van der Waals surface area contributed by atoms with E-state index in [-0.39, 0.29) is 5.56 Å². The van der Waals surface area contributed by atoms with Crippen molar-refractivity contribution < 1.29 is 4.74 Å². The zero-order chi connectivity index (χ0) is 14.1. The monoisotopic (exact) mass is 270 g/mol. The van der Waals surface area contributed by atoms with E-state index in [0.29, 0.717) is 18.2 Å². The molecule has 1 aromatic heterocycles. The van der Waals surface area contributed by atoms with E-state index in [1.54, 1.807) is 18.6 Å². The molecular weight excluding hydrogens is 252 g/mol. The topological polar surface area (TPSA) is 44.1 Å². The molecule has 0 saturated heterocycles. The van der Waals surface area contributed by atoms with Crippen LogP contribution in [0.25, 0.3) is 0 Å². The summed E-state index contributed by atoms with van der Waals surface area (Å²) >= 11 is 0. The van der Waals surface area contributed by atoms with Crippen molar-refractivity contribution in [1.29, 1.82) is 0 Å². The Morgan fingerprint density at radius 1 is 1.25 bits per heavy atom. The van der Waals surface area contributed by atoms with Crippen LogP contribution in [0.3, 0.4) is 0 Å². The summed E-state index contributed by atoms with van der Waals surface area (Å²) in [4.78, 5) is 16.4. The molecule has 0 bridgehead atoms. The van der Waals surface area contributed by atoms with E-state index in [1.807, 2.05) is 0 Å². The van der Waals surface area contributed by atoms with Gasteiger partial charge in [-0.15, -0.1) is 0 Å². The Bertz CT molecular complexity index is 704. The number of fused-ring (bicyclic) bond motifs is 1. The second-order valence-corrected chi connectivity index (χ2v) is 5.27. The predicted molar refractivity (Wildman–Crippen MR) is 77.4 cm³/mol. The van der Waals surface area contributed by atoms with Crippen molar-refractivity contribution in [3.63, 3.8) is 0 Å². The molecule has 0 fully saturated rings. The van der Waals surface area contributed by atoms with Crippen molar-refractivity contribution in [2.75, 3.05) is 7.11 Å². The molecule has 0 radical (unpaired) electrons. The molecule has 104 valence electrons. The van der Waals surface area contributed by atoms with Crippen LogP contribution in [0, 0.1) is 6.92 Å². The van der Waals surface area contributed by atoms with E-state index >= 15 is 0 Å². The van der Waals surface area contributed by atoms with Gasteiger partial charge in [0.2, 0.25) is 0 Å². The number of aryl methyl sites for hydroxylation is 3. The molecule has 0 aliphatic heterocycles. The average Bonchev–Trinajstić information content (AvgIpc) is 2.89. The van der Waals surface area contributed by atoms with Crippen molar-refractivity contribution in [2.45, 2.75) is 32.7 Å². The van der Waals surface area contributed by atoms with E-state index in [4.69, 9.17) is 4.74 Å². The van der Waals surface area contributed by atoms with Crippen LogP contribution in [-0.2, 0) is 19.4 Å². The second-order valence-electron chi connectivity index (χ2n) is 5.27. The molecule has 2 aromatic rings. The minimum atomic E-state index is -0.0742. The zero-order valence-electron chi connectivity index (χ0n) is 11.8. The lowest BCUT2D eigenvalue weighted by atomic mass is 10.1. The van der Waals surface area contributed by atoms with Gasteiger partial charge in [0.05, 0.1) is 13.7 Å².